The van der Waals surface area contributed by atoms with Crippen molar-refractivity contribution in [1.29, 1.82) is 0 Å². The molecule has 152 valence electrons. The van der Waals surface area contributed by atoms with Crippen molar-refractivity contribution in [1.82, 2.24) is 14.8 Å². The molecule has 0 fully saturated rings. The maximum Gasteiger partial charge on any atom is 0.234 e. The molecule has 7 heteroatoms. The number of ether oxygens (including phenoxy) is 1. The van der Waals surface area contributed by atoms with Crippen molar-refractivity contribution in [2.45, 2.75) is 39.0 Å². The predicted octanol–water partition coefficient (Wildman–Crippen LogP) is 4.61. The van der Waals surface area contributed by atoms with E-state index in [1.165, 1.54) is 17.3 Å². The fourth-order valence-corrected chi connectivity index (χ4v) is 3.62. The van der Waals surface area contributed by atoms with Crippen molar-refractivity contribution in [2.24, 2.45) is 7.05 Å². The monoisotopic (exact) mass is 410 g/mol. The van der Waals surface area contributed by atoms with Gasteiger partial charge in [-0.1, -0.05) is 30.0 Å². The lowest BCUT2D eigenvalue weighted by Gasteiger charge is -2.14. The minimum Gasteiger partial charge on any atom is -0.483 e. The fourth-order valence-electron chi connectivity index (χ4n) is 2.90. The van der Waals surface area contributed by atoms with E-state index in [2.05, 4.69) is 15.5 Å². The van der Waals surface area contributed by atoms with Gasteiger partial charge < -0.3 is 14.6 Å². The lowest BCUT2D eigenvalue weighted by molar-refractivity contribution is -0.113. The molecular formula is C22H26N4O2S. The van der Waals surface area contributed by atoms with Gasteiger partial charge in [-0.25, -0.2) is 0 Å². The van der Waals surface area contributed by atoms with Crippen LogP contribution in [0.25, 0.3) is 0 Å². The van der Waals surface area contributed by atoms with E-state index in [-0.39, 0.29) is 17.8 Å². The number of nitrogens with one attached hydrogen (secondary N) is 1. The minimum atomic E-state index is -0.256. The van der Waals surface area contributed by atoms with Gasteiger partial charge in [0.25, 0.3) is 0 Å². The van der Waals surface area contributed by atoms with Crippen molar-refractivity contribution in [2.75, 3.05) is 11.1 Å². The highest BCUT2D eigenvalue weighted by Crippen LogP contribution is 2.24. The largest absolute Gasteiger partial charge is 0.483 e. The Morgan fingerprint density at radius 1 is 1.14 bits per heavy atom. The number of aromatic nitrogens is 3. The Hall–Kier alpha value is -2.80. The van der Waals surface area contributed by atoms with Crippen LogP contribution in [0.15, 0.2) is 47.6 Å². The molecule has 0 saturated carbocycles. The maximum absolute atomic E-state index is 12.3. The second-order valence-corrected chi connectivity index (χ2v) is 8.05. The van der Waals surface area contributed by atoms with Crippen LogP contribution in [0.1, 0.15) is 35.5 Å². The van der Waals surface area contributed by atoms with Crippen molar-refractivity contribution in [3.8, 4) is 5.75 Å². The molecule has 0 spiro atoms. The van der Waals surface area contributed by atoms with E-state index < -0.39 is 0 Å². The second-order valence-electron chi connectivity index (χ2n) is 7.11. The summed E-state index contributed by atoms with van der Waals surface area (Å²) in [6.45, 7) is 8.04. The van der Waals surface area contributed by atoms with E-state index in [1.54, 1.807) is 0 Å². The van der Waals surface area contributed by atoms with Crippen LogP contribution in [0.2, 0.25) is 0 Å². The molecule has 2 aromatic carbocycles. The zero-order valence-corrected chi connectivity index (χ0v) is 18.2. The molecule has 1 N–H and O–H groups in total. The number of amides is 1. The predicted molar refractivity (Wildman–Crippen MR) is 116 cm³/mol. The maximum atomic E-state index is 12.3. The molecule has 0 aliphatic rings. The smallest absolute Gasteiger partial charge is 0.234 e. The van der Waals surface area contributed by atoms with Gasteiger partial charge in [-0.15, -0.1) is 10.2 Å². The Balaban J connectivity index is 1.58. The first-order chi connectivity index (χ1) is 13.8. The van der Waals surface area contributed by atoms with Gasteiger partial charge in [0.15, 0.2) is 17.1 Å². The molecule has 1 amide bonds. The third-order valence-corrected chi connectivity index (χ3v) is 5.68. The molecule has 1 heterocycles. The molecule has 1 aromatic heterocycles. The SMILES string of the molecule is Cc1cccc(OC(C)c2nnc(SCC(=O)Nc3ccc(C)c(C)c3)n2C)c1. The number of aryl methyl sites for hydroxylation is 3. The van der Waals surface area contributed by atoms with E-state index in [0.717, 1.165) is 22.6 Å². The number of carbonyl (C=O) groups excluding carboxylic acids is 1. The molecule has 0 bridgehead atoms. The summed E-state index contributed by atoms with van der Waals surface area (Å²) in [7, 11) is 1.88. The summed E-state index contributed by atoms with van der Waals surface area (Å²) in [4.78, 5) is 12.3. The molecule has 0 radical (unpaired) electrons. The summed E-state index contributed by atoms with van der Waals surface area (Å²) in [5.41, 5.74) is 4.29. The van der Waals surface area contributed by atoms with E-state index in [9.17, 15) is 4.79 Å². The summed E-state index contributed by atoms with van der Waals surface area (Å²) in [6.07, 6.45) is -0.256. The van der Waals surface area contributed by atoms with Gasteiger partial charge >= 0.3 is 0 Å². The van der Waals surface area contributed by atoms with Crippen molar-refractivity contribution >= 4 is 23.4 Å². The van der Waals surface area contributed by atoms with E-state index in [4.69, 9.17) is 4.74 Å². The molecule has 1 atom stereocenters. The number of benzene rings is 2. The Morgan fingerprint density at radius 2 is 1.93 bits per heavy atom. The average Bonchev–Trinajstić information content (AvgIpc) is 3.04. The second kappa shape index (κ2) is 9.13. The van der Waals surface area contributed by atoms with Crippen molar-refractivity contribution in [3.63, 3.8) is 0 Å². The highest BCUT2D eigenvalue weighted by molar-refractivity contribution is 7.99. The molecule has 3 rings (SSSR count). The van der Waals surface area contributed by atoms with E-state index in [0.29, 0.717) is 11.0 Å². The average molecular weight is 411 g/mol. The van der Waals surface area contributed by atoms with Gasteiger partial charge in [0.05, 0.1) is 5.75 Å². The van der Waals surface area contributed by atoms with Gasteiger partial charge in [0.2, 0.25) is 5.91 Å². The molecule has 0 saturated heterocycles. The van der Waals surface area contributed by atoms with Crippen LogP contribution in [-0.2, 0) is 11.8 Å². The molecule has 29 heavy (non-hydrogen) atoms. The van der Waals surface area contributed by atoms with Gasteiger partial charge in [-0.05, 0) is 68.7 Å². The highest BCUT2D eigenvalue weighted by atomic mass is 32.2. The third-order valence-electron chi connectivity index (χ3n) is 4.66. The van der Waals surface area contributed by atoms with Crippen LogP contribution in [0.5, 0.6) is 5.75 Å². The first-order valence-electron chi connectivity index (χ1n) is 9.46. The minimum absolute atomic E-state index is 0.0770. The van der Waals surface area contributed by atoms with Gasteiger partial charge in [0, 0.05) is 12.7 Å². The van der Waals surface area contributed by atoms with Crippen LogP contribution in [-0.4, -0.2) is 26.4 Å². The molecule has 3 aromatic rings. The van der Waals surface area contributed by atoms with Gasteiger partial charge in [0.1, 0.15) is 5.75 Å². The van der Waals surface area contributed by atoms with Gasteiger partial charge in [-0.3, -0.25) is 4.79 Å². The number of thioether (sulfide) groups is 1. The van der Waals surface area contributed by atoms with Crippen LogP contribution in [0.4, 0.5) is 5.69 Å². The van der Waals surface area contributed by atoms with Gasteiger partial charge in [-0.2, -0.15) is 0 Å². The number of rotatable bonds is 7. The standard InChI is InChI=1S/C22H26N4O2S/c1-14-7-6-8-19(11-14)28-17(4)21-24-25-22(26(21)5)29-13-20(27)23-18-10-9-15(2)16(3)12-18/h6-12,17H,13H2,1-5H3,(H,23,27). The van der Waals surface area contributed by atoms with Crippen LogP contribution in [0, 0.1) is 20.8 Å². The number of nitrogens with zero attached hydrogens (tertiary/aromatic N) is 3. The zero-order chi connectivity index (χ0) is 21.0. The lowest BCUT2D eigenvalue weighted by Crippen LogP contribution is -2.15. The Bertz CT molecular complexity index is 1020. The number of hydrogen-bond acceptors (Lipinski definition) is 5. The number of anilines is 1. The van der Waals surface area contributed by atoms with Crippen LogP contribution >= 0.6 is 11.8 Å². The Kier molecular flexibility index (Phi) is 6.59. The zero-order valence-electron chi connectivity index (χ0n) is 17.4. The quantitative estimate of drug-likeness (QED) is 0.576. The molecule has 6 nitrogen and oxygen atoms in total. The molecular weight excluding hydrogens is 384 g/mol. The first-order valence-corrected chi connectivity index (χ1v) is 10.4. The van der Waals surface area contributed by atoms with Crippen molar-refractivity contribution < 1.29 is 9.53 Å². The summed E-state index contributed by atoms with van der Waals surface area (Å²) < 4.78 is 7.86. The topological polar surface area (TPSA) is 69.0 Å². The fraction of sp³-hybridized carbons (Fsp3) is 0.318. The summed E-state index contributed by atoms with van der Waals surface area (Å²) in [6, 6.07) is 13.8. The Morgan fingerprint density at radius 3 is 2.66 bits per heavy atom. The summed E-state index contributed by atoms with van der Waals surface area (Å²) >= 11 is 1.35. The van der Waals surface area contributed by atoms with Crippen LogP contribution < -0.4 is 10.1 Å². The Labute approximate surface area is 175 Å². The first kappa shape index (κ1) is 20.9. The molecule has 0 aliphatic heterocycles. The highest BCUT2D eigenvalue weighted by Gasteiger charge is 2.18. The van der Waals surface area contributed by atoms with Crippen molar-refractivity contribution in [3.05, 3.63) is 65.0 Å². The lowest BCUT2D eigenvalue weighted by atomic mass is 10.1. The summed E-state index contributed by atoms with van der Waals surface area (Å²) in [5.74, 6) is 1.68. The van der Waals surface area contributed by atoms with E-state index >= 15 is 0 Å². The molecule has 0 aliphatic carbocycles. The summed E-state index contributed by atoms with van der Waals surface area (Å²) in [5, 5.41) is 12.1. The number of hydrogen-bond donors (Lipinski definition) is 1. The third kappa shape index (κ3) is 5.38. The van der Waals surface area contributed by atoms with Crippen LogP contribution in [0.3, 0.4) is 0 Å². The molecule has 1 unspecified atom stereocenters. The normalized spacial score (nSPS) is 11.9. The van der Waals surface area contributed by atoms with E-state index in [1.807, 2.05) is 81.8 Å². The number of carbonyl (C=O) groups is 1.